The van der Waals surface area contributed by atoms with Crippen LogP contribution >= 0.6 is 0 Å². The maximum absolute atomic E-state index is 4.08. The Bertz CT molecular complexity index is 8.00. The van der Waals surface area contributed by atoms with Crippen LogP contribution in [-0.4, -0.2) is 6.26 Å². The Kier molecular flexibility index (Phi) is 69.8. The van der Waals surface area contributed by atoms with Gasteiger partial charge in [-0.2, -0.15) is 6.26 Å². The second-order valence-corrected chi connectivity index (χ2v) is 0. The van der Waals surface area contributed by atoms with Crippen molar-refractivity contribution in [3.8, 4) is 0 Å². The molecule has 0 aliphatic rings. The molecule has 0 radical (unpaired) electrons. The Morgan fingerprint density at radius 1 is 1.25 bits per heavy atom. The summed E-state index contributed by atoms with van der Waals surface area (Å²) in [5.74, 6) is 0. The minimum Gasteiger partial charge on any atom is -0.796 e. The fourth-order valence-electron chi connectivity index (χ4n) is 0. The van der Waals surface area contributed by atoms with Gasteiger partial charge in [0.25, 0.3) is 0 Å². The summed E-state index contributed by atoms with van der Waals surface area (Å²) in [5, 5.41) is 0. The molecule has 0 unspecified atom stereocenters. The van der Waals surface area contributed by atoms with Gasteiger partial charge in [-0.15, -0.1) is 0 Å². The topological polar surface area (TPSA) is 0 Å². The largest absolute Gasteiger partial charge is 1.00 e. The third-order valence-electron chi connectivity index (χ3n) is 0. The summed E-state index contributed by atoms with van der Waals surface area (Å²) in [6.45, 7) is 0. The summed E-state index contributed by atoms with van der Waals surface area (Å²) < 4.78 is 0. The first-order valence-electron chi connectivity index (χ1n) is 0.408. The van der Waals surface area contributed by atoms with Crippen LogP contribution in [0.25, 0.3) is 0 Å². The van der Waals surface area contributed by atoms with Crippen LogP contribution in [0.1, 0.15) is 0 Å². The van der Waals surface area contributed by atoms with Gasteiger partial charge in [-0.3, -0.25) is 0 Å². The van der Waals surface area contributed by atoms with Crippen LogP contribution < -0.4 is 29.6 Å². The van der Waals surface area contributed by atoms with Gasteiger partial charge in [0.2, 0.25) is 0 Å². The van der Waals surface area contributed by atoms with E-state index in [1.165, 1.54) is 0 Å². The van der Waals surface area contributed by atoms with E-state index >= 15 is 0 Å². The molecule has 0 rings (SSSR count). The summed E-state index contributed by atoms with van der Waals surface area (Å²) in [5.41, 5.74) is 0. The van der Waals surface area contributed by atoms with Crippen LogP contribution in [0.2, 0.25) is 0 Å². The third kappa shape index (κ3) is 8.82. The first kappa shape index (κ1) is 16.0. The SMILES string of the molecule is C[S-].[Ar].[Na+]. The molecule has 0 fully saturated rings. The van der Waals surface area contributed by atoms with E-state index in [0.29, 0.717) is 0 Å². The zero-order chi connectivity index (χ0) is 2.00. The van der Waals surface area contributed by atoms with E-state index in [9.17, 15) is 0 Å². The molecule has 0 aromatic carbocycles. The molecule has 3 heteroatoms. The zero-order valence-electron chi connectivity index (χ0n) is 2.76. The molecule has 0 aromatic heterocycles. The average molecular weight is 110 g/mol. The molecule has 0 N–H and O–H groups in total. The second kappa shape index (κ2) is 17.5. The molecule has 4 heavy (non-hydrogen) atoms. The number of hydrogen-bond acceptors (Lipinski definition) is 1. The fourth-order valence-corrected chi connectivity index (χ4v) is 0. The number of rotatable bonds is 0. The van der Waals surface area contributed by atoms with E-state index in [2.05, 4.69) is 12.6 Å². The second-order valence-electron chi connectivity index (χ2n) is 0. The molecule has 0 saturated carbocycles. The van der Waals surface area contributed by atoms with Crippen LogP contribution in [0.15, 0.2) is 0 Å². The first-order valence-corrected chi connectivity index (χ1v) is 1.22. The maximum atomic E-state index is 4.08. The summed E-state index contributed by atoms with van der Waals surface area (Å²) in [7, 11) is 0. The quantitative estimate of drug-likeness (QED) is 0.239. The molecule has 22 valence electrons. The zero-order valence-corrected chi connectivity index (χ0v) is 6.29. The predicted molar refractivity (Wildman–Crippen MR) is 13.3 cm³/mol. The first-order chi connectivity index (χ1) is 1.00. The maximum Gasteiger partial charge on any atom is 1.00 e. The van der Waals surface area contributed by atoms with Crippen molar-refractivity contribution >= 4 is 12.6 Å². The van der Waals surface area contributed by atoms with Crippen LogP contribution in [0.5, 0.6) is 0 Å². The van der Waals surface area contributed by atoms with E-state index < -0.39 is 0 Å². The van der Waals surface area contributed by atoms with Crippen molar-refractivity contribution in [1.29, 1.82) is 0 Å². The van der Waals surface area contributed by atoms with Crippen LogP contribution in [0.4, 0.5) is 0 Å². The van der Waals surface area contributed by atoms with Crippen molar-refractivity contribution in [3.63, 3.8) is 0 Å². The normalized spacial score (nSPS) is 1.50. The van der Waals surface area contributed by atoms with E-state index in [1.807, 2.05) is 0 Å². The number of hydrogen-bond donors (Lipinski definition) is 0. The fraction of sp³-hybridized carbons (Fsp3) is 1.00. The summed E-state index contributed by atoms with van der Waals surface area (Å²) >= 11 is 4.08. The van der Waals surface area contributed by atoms with E-state index in [4.69, 9.17) is 0 Å². The van der Waals surface area contributed by atoms with Crippen LogP contribution in [-0.2, 0) is 12.6 Å². The van der Waals surface area contributed by atoms with Gasteiger partial charge in [-0.1, -0.05) is 0 Å². The Hall–Kier alpha value is 2.61. The minimum absolute atomic E-state index is 0. The molecule has 0 heterocycles. The Morgan fingerprint density at radius 3 is 1.25 bits per heavy atom. The van der Waals surface area contributed by atoms with Crippen LogP contribution in [0.3, 0.4) is 0 Å². The van der Waals surface area contributed by atoms with Gasteiger partial charge >= 0.3 is 29.6 Å². The van der Waals surface area contributed by atoms with Crippen molar-refractivity contribution in [2.24, 2.45) is 0 Å². The van der Waals surface area contributed by atoms with Crippen LogP contribution in [0, 0.1) is 37.7 Å². The monoisotopic (exact) mass is 110 g/mol. The molecule has 0 aliphatic carbocycles. The standard InChI is InChI=1S/CH4S.Ar.Na/c1-2;;/h2H,1H3;;/q;;+1/p-1. The molecule has 0 saturated heterocycles. The molecule has 0 nitrogen and oxygen atoms in total. The molecule has 0 atom stereocenters. The molecular weight excluding hydrogens is 107 g/mol. The Labute approximate surface area is 84.4 Å². The van der Waals surface area contributed by atoms with Gasteiger partial charge in [0, 0.05) is 37.7 Å². The van der Waals surface area contributed by atoms with Crippen molar-refractivity contribution in [1.82, 2.24) is 0 Å². The Balaban J connectivity index is -0.00000000500. The van der Waals surface area contributed by atoms with Gasteiger partial charge < -0.3 is 12.6 Å². The van der Waals surface area contributed by atoms with Gasteiger partial charge in [0.1, 0.15) is 0 Å². The van der Waals surface area contributed by atoms with E-state index in [1.54, 1.807) is 6.26 Å². The summed E-state index contributed by atoms with van der Waals surface area (Å²) in [6, 6.07) is 0. The van der Waals surface area contributed by atoms with Gasteiger partial charge in [0.05, 0.1) is 0 Å². The minimum atomic E-state index is 0. The smallest absolute Gasteiger partial charge is 0.796 e. The van der Waals surface area contributed by atoms with E-state index in [0.717, 1.165) is 0 Å². The summed E-state index contributed by atoms with van der Waals surface area (Å²) in [6.07, 6.45) is 1.58. The predicted octanol–water partition coefficient (Wildman–Crippen LogP) is -2.83. The van der Waals surface area contributed by atoms with Crippen molar-refractivity contribution in [3.05, 3.63) is 0 Å². The van der Waals surface area contributed by atoms with Crippen molar-refractivity contribution in [2.75, 3.05) is 6.26 Å². The molecule has 0 spiro atoms. The van der Waals surface area contributed by atoms with Gasteiger partial charge in [0.15, 0.2) is 0 Å². The van der Waals surface area contributed by atoms with Gasteiger partial charge in [-0.05, 0) is 0 Å². The Morgan fingerprint density at radius 2 is 1.25 bits per heavy atom. The molecule has 0 amide bonds. The summed E-state index contributed by atoms with van der Waals surface area (Å²) in [4.78, 5) is 0. The van der Waals surface area contributed by atoms with Gasteiger partial charge in [-0.25, -0.2) is 0 Å². The van der Waals surface area contributed by atoms with E-state index in [-0.39, 0.29) is 67.3 Å². The third-order valence-corrected chi connectivity index (χ3v) is 0. The molecule has 0 aliphatic heterocycles. The van der Waals surface area contributed by atoms with Crippen molar-refractivity contribution < 1.29 is 67.3 Å². The van der Waals surface area contributed by atoms with Crippen molar-refractivity contribution in [2.45, 2.75) is 0 Å². The molecule has 0 aromatic rings. The average Bonchev–Trinajstić information content (AvgIpc) is 1.00. The molecule has 0 bridgehead atoms. The molecular formula is CH3ArNaS.